The van der Waals surface area contributed by atoms with E-state index in [0.29, 0.717) is 0 Å². The summed E-state index contributed by atoms with van der Waals surface area (Å²) in [6.45, 7) is 1.56. The van der Waals surface area contributed by atoms with Crippen molar-refractivity contribution < 1.29 is 4.79 Å². The Balaban J connectivity index is 2.42. The summed E-state index contributed by atoms with van der Waals surface area (Å²) in [7, 11) is 0. The summed E-state index contributed by atoms with van der Waals surface area (Å²) in [5.41, 5.74) is 0. The number of hydrogen-bond acceptors (Lipinski definition) is 1. The largest absolute Gasteiger partial charge is 0.300 e. The lowest BCUT2D eigenvalue weighted by atomic mass is 9.81. The van der Waals surface area contributed by atoms with Crippen molar-refractivity contribution in [3.8, 4) is 0 Å². The number of hydrogen-bond donors (Lipinski definition) is 0. The van der Waals surface area contributed by atoms with E-state index >= 15 is 0 Å². The molecule has 0 heterocycles. The van der Waals surface area contributed by atoms with E-state index in [1.807, 2.05) is 0 Å². The Morgan fingerprint density at radius 2 is 2.11 bits per heavy atom. The van der Waals surface area contributed by atoms with Crippen LogP contribution in [-0.2, 0) is 4.79 Å². The smallest absolute Gasteiger partial charge is 0.134 e. The molecule has 1 saturated carbocycles. The van der Waals surface area contributed by atoms with E-state index in [1.54, 1.807) is 6.92 Å². The minimum absolute atomic E-state index is 0.0144. The number of Topliss-reactive ketones (excluding diaryl/α,β-unsaturated/α-hetero) is 1. The van der Waals surface area contributed by atoms with Crippen molar-refractivity contribution in [2.75, 3.05) is 0 Å². The summed E-state index contributed by atoms with van der Waals surface area (Å²) in [5, 5.41) is -0.107. The minimum atomic E-state index is -0.121. The molecule has 0 bridgehead atoms. The number of carbonyl (C=O) groups excluding carboxylic acids is 1. The van der Waals surface area contributed by atoms with Crippen LogP contribution in [0, 0.1) is 5.92 Å². The highest BCUT2D eigenvalue weighted by atomic mass is 35.5. The summed E-state index contributed by atoms with van der Waals surface area (Å²) in [4.78, 5) is 10.6. The second-order valence-corrected chi connectivity index (χ2v) is 3.48. The molecule has 0 aromatic rings. The van der Waals surface area contributed by atoms with Crippen LogP contribution in [0.1, 0.15) is 13.3 Å². The van der Waals surface area contributed by atoms with Crippen molar-refractivity contribution in [3.63, 3.8) is 0 Å². The third-order valence-electron chi connectivity index (χ3n) is 1.73. The monoisotopic (exact) mass is 166 g/mol. The highest BCUT2D eigenvalue weighted by Gasteiger charge is 2.40. The van der Waals surface area contributed by atoms with Crippen LogP contribution < -0.4 is 0 Å². The van der Waals surface area contributed by atoms with Gasteiger partial charge in [-0.15, -0.1) is 23.2 Å². The number of ketones is 1. The third-order valence-corrected chi connectivity index (χ3v) is 2.92. The lowest BCUT2D eigenvalue weighted by Gasteiger charge is -2.34. The van der Waals surface area contributed by atoms with Crippen molar-refractivity contribution in [3.05, 3.63) is 0 Å². The van der Waals surface area contributed by atoms with Gasteiger partial charge in [0.25, 0.3) is 0 Å². The molecule has 0 spiro atoms. The molecule has 0 aromatic heterocycles. The van der Waals surface area contributed by atoms with Gasteiger partial charge in [-0.3, -0.25) is 4.79 Å². The van der Waals surface area contributed by atoms with Crippen LogP contribution in [0.5, 0.6) is 0 Å². The second kappa shape index (κ2) is 2.47. The van der Waals surface area contributed by atoms with E-state index in [4.69, 9.17) is 23.2 Å². The lowest BCUT2D eigenvalue weighted by molar-refractivity contribution is -0.122. The Bertz CT molecular complexity index is 135. The molecule has 0 radical (unpaired) electrons. The maximum Gasteiger partial charge on any atom is 0.134 e. The van der Waals surface area contributed by atoms with E-state index in [-0.39, 0.29) is 22.5 Å². The molecule has 0 aromatic carbocycles. The maximum absolute atomic E-state index is 10.6. The van der Waals surface area contributed by atoms with Gasteiger partial charge in [0.05, 0.1) is 10.8 Å². The van der Waals surface area contributed by atoms with Crippen LogP contribution in [0.4, 0.5) is 0 Å². The average Bonchev–Trinajstić information content (AvgIpc) is 1.81. The van der Waals surface area contributed by atoms with E-state index in [2.05, 4.69) is 0 Å². The van der Waals surface area contributed by atoms with Gasteiger partial charge in [-0.05, 0) is 13.3 Å². The number of halogens is 2. The Hall–Kier alpha value is 0.250. The molecule has 0 amide bonds. The molecule has 52 valence electrons. The summed E-state index contributed by atoms with van der Waals surface area (Å²) in [6.07, 6.45) is 0.755. The van der Waals surface area contributed by atoms with Crippen molar-refractivity contribution in [1.29, 1.82) is 0 Å². The summed E-state index contributed by atoms with van der Waals surface area (Å²) >= 11 is 11.4. The number of alkyl halides is 2. The fraction of sp³-hybridized carbons (Fsp3) is 0.833. The van der Waals surface area contributed by atoms with Crippen molar-refractivity contribution in [2.24, 2.45) is 5.92 Å². The zero-order valence-corrected chi connectivity index (χ0v) is 6.62. The molecule has 1 rings (SSSR count). The Kier molecular flexibility index (Phi) is 2.02. The molecule has 1 nitrogen and oxygen atoms in total. The maximum atomic E-state index is 10.6. The molecule has 1 aliphatic rings. The predicted molar refractivity (Wildman–Crippen MR) is 38.1 cm³/mol. The first-order valence-electron chi connectivity index (χ1n) is 2.91. The molecule has 0 unspecified atom stereocenters. The van der Waals surface area contributed by atoms with Gasteiger partial charge in [-0.1, -0.05) is 0 Å². The first-order chi connectivity index (χ1) is 4.13. The quantitative estimate of drug-likeness (QED) is 0.544. The molecular formula is C6H8Cl2O. The SMILES string of the molecule is CC(=O)[C@@H]1C[C@@H](Cl)[C@@H]1Cl. The number of rotatable bonds is 1. The van der Waals surface area contributed by atoms with E-state index in [1.165, 1.54) is 0 Å². The fourth-order valence-corrected chi connectivity index (χ4v) is 1.70. The first kappa shape index (κ1) is 7.36. The Morgan fingerprint density at radius 3 is 2.22 bits per heavy atom. The third kappa shape index (κ3) is 1.22. The van der Waals surface area contributed by atoms with E-state index < -0.39 is 0 Å². The summed E-state index contributed by atoms with van der Waals surface area (Å²) < 4.78 is 0. The van der Waals surface area contributed by atoms with Crippen molar-refractivity contribution >= 4 is 29.0 Å². The fourth-order valence-electron chi connectivity index (χ4n) is 0.949. The molecule has 3 atom stereocenters. The molecule has 0 N–H and O–H groups in total. The molecule has 0 aliphatic heterocycles. The lowest BCUT2D eigenvalue weighted by Crippen LogP contribution is -2.42. The highest BCUT2D eigenvalue weighted by Crippen LogP contribution is 2.37. The highest BCUT2D eigenvalue weighted by molar-refractivity contribution is 6.32. The standard InChI is InChI=1S/C6H8Cl2O/c1-3(9)4-2-5(7)6(4)8/h4-6H,2H2,1H3/t4-,5+,6+/m0/s1. The van der Waals surface area contributed by atoms with Gasteiger partial charge in [0.2, 0.25) is 0 Å². The van der Waals surface area contributed by atoms with Crippen LogP contribution >= 0.6 is 23.2 Å². The van der Waals surface area contributed by atoms with Crippen LogP contribution in [-0.4, -0.2) is 16.5 Å². The molecular weight excluding hydrogens is 159 g/mol. The molecule has 0 saturated heterocycles. The molecule has 9 heavy (non-hydrogen) atoms. The van der Waals surface area contributed by atoms with Gasteiger partial charge in [-0.2, -0.15) is 0 Å². The molecule has 1 fully saturated rings. The van der Waals surface area contributed by atoms with Crippen LogP contribution in [0.2, 0.25) is 0 Å². The second-order valence-electron chi connectivity index (χ2n) is 2.41. The summed E-state index contributed by atoms with van der Waals surface area (Å²) in [5.74, 6) is 0.182. The predicted octanol–water partition coefficient (Wildman–Crippen LogP) is 1.81. The zero-order valence-electron chi connectivity index (χ0n) is 5.10. The van der Waals surface area contributed by atoms with Crippen LogP contribution in [0.15, 0.2) is 0 Å². The van der Waals surface area contributed by atoms with Crippen LogP contribution in [0.25, 0.3) is 0 Å². The van der Waals surface area contributed by atoms with Gasteiger partial charge in [-0.25, -0.2) is 0 Å². The van der Waals surface area contributed by atoms with E-state index in [0.717, 1.165) is 6.42 Å². The Labute approximate surface area is 64.3 Å². The number of carbonyl (C=O) groups is 1. The van der Waals surface area contributed by atoms with Crippen molar-refractivity contribution in [1.82, 2.24) is 0 Å². The molecule has 1 aliphatic carbocycles. The minimum Gasteiger partial charge on any atom is -0.300 e. The average molecular weight is 167 g/mol. The molecule has 3 heteroatoms. The van der Waals surface area contributed by atoms with E-state index in [9.17, 15) is 4.79 Å². The summed E-state index contributed by atoms with van der Waals surface area (Å²) in [6, 6.07) is 0. The zero-order chi connectivity index (χ0) is 7.02. The van der Waals surface area contributed by atoms with Gasteiger partial charge in [0.15, 0.2) is 0 Å². The van der Waals surface area contributed by atoms with Gasteiger partial charge >= 0.3 is 0 Å². The first-order valence-corrected chi connectivity index (χ1v) is 3.79. The van der Waals surface area contributed by atoms with Crippen molar-refractivity contribution in [2.45, 2.75) is 24.1 Å². The van der Waals surface area contributed by atoms with Gasteiger partial charge in [0.1, 0.15) is 5.78 Å². The van der Waals surface area contributed by atoms with Gasteiger partial charge in [0, 0.05) is 5.92 Å². The topological polar surface area (TPSA) is 17.1 Å². The normalized spacial score (nSPS) is 41.9. The van der Waals surface area contributed by atoms with Crippen LogP contribution in [0.3, 0.4) is 0 Å². The van der Waals surface area contributed by atoms with Gasteiger partial charge < -0.3 is 0 Å². The Morgan fingerprint density at radius 1 is 1.56 bits per heavy atom.